The highest BCUT2D eigenvalue weighted by molar-refractivity contribution is 6.44. The minimum atomic E-state index is -1.33. The minimum absolute atomic E-state index is 0.129. The molecule has 0 aliphatic carbocycles. The van der Waals surface area contributed by atoms with Crippen molar-refractivity contribution in [1.82, 2.24) is 0 Å². The molecule has 0 heterocycles. The molecule has 3 rings (SSSR count). The Balaban J connectivity index is 1.89. The van der Waals surface area contributed by atoms with Crippen LogP contribution in [-0.4, -0.2) is 16.8 Å². The molecule has 136 valence electrons. The van der Waals surface area contributed by atoms with Crippen molar-refractivity contribution in [3.63, 3.8) is 0 Å². The van der Waals surface area contributed by atoms with Crippen LogP contribution in [0.4, 0.5) is 5.69 Å². The summed E-state index contributed by atoms with van der Waals surface area (Å²) < 4.78 is 0. The molecule has 1 atom stereocenters. The van der Waals surface area contributed by atoms with Gasteiger partial charge in [-0.2, -0.15) is 0 Å². The second-order valence-electron chi connectivity index (χ2n) is 5.78. The number of ketones is 1. The van der Waals surface area contributed by atoms with Crippen molar-refractivity contribution in [3.05, 3.63) is 99.5 Å². The van der Waals surface area contributed by atoms with Crippen molar-refractivity contribution in [3.8, 4) is 0 Å². The topological polar surface area (TPSA) is 66.4 Å². The van der Waals surface area contributed by atoms with E-state index in [4.69, 9.17) is 23.2 Å². The maximum Gasteiger partial charge on any atom is 0.257 e. The number of Topliss-reactive ketones (excluding diaryl/α,β-unsaturated/α-hetero) is 1. The predicted octanol–water partition coefficient (Wildman–Crippen LogP) is 5.16. The highest BCUT2D eigenvalue weighted by Gasteiger charge is 2.23. The second kappa shape index (κ2) is 8.35. The van der Waals surface area contributed by atoms with Crippen LogP contribution in [0, 0.1) is 0 Å². The molecule has 0 bridgehead atoms. The average molecular weight is 400 g/mol. The molecule has 0 radical (unpaired) electrons. The zero-order valence-electron chi connectivity index (χ0n) is 14.0. The standard InChI is InChI=1S/C21H15Cl2NO3/c22-16-11-6-10-15(18(16)23)21(27)24-17-12-5-4-9-14(17)20(26)19(25)13-7-2-1-3-8-13/h1-12,19,25H,(H,24,27). The van der Waals surface area contributed by atoms with Gasteiger partial charge in [0.1, 0.15) is 6.10 Å². The first kappa shape index (κ1) is 19.1. The Labute approximate surface area is 166 Å². The minimum Gasteiger partial charge on any atom is -0.380 e. The van der Waals surface area contributed by atoms with Crippen LogP contribution in [-0.2, 0) is 0 Å². The Kier molecular flexibility index (Phi) is 5.91. The third-order valence-corrected chi connectivity index (χ3v) is 4.82. The van der Waals surface area contributed by atoms with Gasteiger partial charge < -0.3 is 10.4 Å². The summed E-state index contributed by atoms with van der Waals surface area (Å²) in [5.41, 5.74) is 1.13. The summed E-state index contributed by atoms with van der Waals surface area (Å²) in [6, 6.07) is 19.8. The van der Waals surface area contributed by atoms with Gasteiger partial charge in [0.2, 0.25) is 0 Å². The van der Waals surface area contributed by atoms with Gasteiger partial charge in [-0.15, -0.1) is 0 Å². The molecular formula is C21H15Cl2NO3. The van der Waals surface area contributed by atoms with Crippen LogP contribution in [0.5, 0.6) is 0 Å². The Hall–Kier alpha value is -2.66. The number of hydrogen-bond donors (Lipinski definition) is 2. The summed E-state index contributed by atoms with van der Waals surface area (Å²) in [5.74, 6) is -1.02. The molecular weight excluding hydrogens is 385 g/mol. The van der Waals surface area contributed by atoms with Crippen LogP contribution in [0.15, 0.2) is 72.8 Å². The van der Waals surface area contributed by atoms with Crippen molar-refractivity contribution >= 4 is 40.6 Å². The SMILES string of the molecule is O=C(Nc1ccccc1C(=O)C(O)c1ccccc1)c1cccc(Cl)c1Cl. The van der Waals surface area contributed by atoms with Crippen LogP contribution in [0.1, 0.15) is 32.4 Å². The number of rotatable bonds is 5. The summed E-state index contributed by atoms with van der Waals surface area (Å²) in [4.78, 5) is 25.3. The Morgan fingerprint density at radius 3 is 2.19 bits per heavy atom. The molecule has 6 heteroatoms. The van der Waals surface area contributed by atoms with Crippen molar-refractivity contribution in [2.75, 3.05) is 5.32 Å². The van der Waals surface area contributed by atoms with Crippen LogP contribution < -0.4 is 5.32 Å². The van der Waals surface area contributed by atoms with E-state index in [9.17, 15) is 14.7 Å². The fourth-order valence-electron chi connectivity index (χ4n) is 2.61. The second-order valence-corrected chi connectivity index (χ2v) is 6.56. The maximum atomic E-state index is 12.8. The molecule has 0 fully saturated rings. The third kappa shape index (κ3) is 4.19. The van der Waals surface area contributed by atoms with E-state index < -0.39 is 17.8 Å². The smallest absolute Gasteiger partial charge is 0.257 e. The van der Waals surface area contributed by atoms with E-state index in [2.05, 4.69) is 5.32 Å². The Morgan fingerprint density at radius 1 is 0.815 bits per heavy atom. The lowest BCUT2D eigenvalue weighted by Crippen LogP contribution is -2.18. The van der Waals surface area contributed by atoms with Crippen molar-refractivity contribution in [1.29, 1.82) is 0 Å². The van der Waals surface area contributed by atoms with E-state index in [1.54, 1.807) is 66.7 Å². The lowest BCUT2D eigenvalue weighted by atomic mass is 9.98. The fraction of sp³-hybridized carbons (Fsp3) is 0.0476. The van der Waals surface area contributed by atoms with Gasteiger partial charge >= 0.3 is 0 Å². The van der Waals surface area contributed by atoms with Gasteiger partial charge in [0, 0.05) is 5.56 Å². The van der Waals surface area contributed by atoms with Crippen LogP contribution in [0.3, 0.4) is 0 Å². The number of amides is 1. The van der Waals surface area contributed by atoms with Crippen LogP contribution >= 0.6 is 23.2 Å². The number of para-hydroxylation sites is 1. The molecule has 4 nitrogen and oxygen atoms in total. The molecule has 1 amide bonds. The van der Waals surface area contributed by atoms with E-state index in [0.717, 1.165) is 0 Å². The summed E-state index contributed by atoms with van der Waals surface area (Å²) in [6.45, 7) is 0. The number of aliphatic hydroxyl groups is 1. The maximum absolute atomic E-state index is 12.8. The van der Waals surface area contributed by atoms with Crippen molar-refractivity contribution < 1.29 is 14.7 Å². The molecule has 0 aliphatic heterocycles. The Morgan fingerprint density at radius 2 is 1.44 bits per heavy atom. The lowest BCUT2D eigenvalue weighted by Gasteiger charge is -2.14. The molecule has 3 aromatic carbocycles. The van der Waals surface area contributed by atoms with E-state index in [1.807, 2.05) is 0 Å². The summed E-state index contributed by atoms with van der Waals surface area (Å²) in [6.07, 6.45) is -1.33. The fourth-order valence-corrected chi connectivity index (χ4v) is 3.00. The number of halogens is 2. The van der Waals surface area contributed by atoms with Gasteiger partial charge in [0.05, 0.1) is 21.3 Å². The van der Waals surface area contributed by atoms with Crippen molar-refractivity contribution in [2.24, 2.45) is 0 Å². The normalized spacial score (nSPS) is 11.7. The number of carbonyl (C=O) groups excluding carboxylic acids is 2. The van der Waals surface area contributed by atoms with Gasteiger partial charge in [0.25, 0.3) is 5.91 Å². The van der Waals surface area contributed by atoms with Gasteiger partial charge in [-0.1, -0.05) is 71.7 Å². The molecule has 0 aliphatic rings. The van der Waals surface area contributed by atoms with E-state index >= 15 is 0 Å². The molecule has 0 saturated heterocycles. The van der Waals surface area contributed by atoms with Crippen molar-refractivity contribution in [2.45, 2.75) is 6.10 Å². The number of aliphatic hydroxyl groups excluding tert-OH is 1. The quantitative estimate of drug-likeness (QED) is 0.582. The molecule has 3 aromatic rings. The summed E-state index contributed by atoms with van der Waals surface area (Å²) >= 11 is 12.0. The van der Waals surface area contributed by atoms with Crippen LogP contribution in [0.25, 0.3) is 0 Å². The van der Waals surface area contributed by atoms with Gasteiger partial charge in [-0.3, -0.25) is 9.59 Å². The molecule has 0 saturated carbocycles. The van der Waals surface area contributed by atoms with Gasteiger partial charge in [-0.05, 0) is 29.8 Å². The van der Waals surface area contributed by atoms with Gasteiger partial charge in [-0.25, -0.2) is 0 Å². The Bertz CT molecular complexity index is 990. The largest absolute Gasteiger partial charge is 0.380 e. The number of hydrogen-bond acceptors (Lipinski definition) is 3. The number of benzene rings is 3. The zero-order valence-corrected chi connectivity index (χ0v) is 15.5. The van der Waals surface area contributed by atoms with E-state index in [-0.39, 0.29) is 26.9 Å². The first-order valence-electron chi connectivity index (χ1n) is 8.10. The number of carbonyl (C=O) groups is 2. The highest BCUT2D eigenvalue weighted by Crippen LogP contribution is 2.28. The van der Waals surface area contributed by atoms with E-state index in [0.29, 0.717) is 5.56 Å². The molecule has 0 aromatic heterocycles. The summed E-state index contributed by atoms with van der Waals surface area (Å²) in [7, 11) is 0. The molecule has 1 unspecified atom stereocenters. The molecule has 27 heavy (non-hydrogen) atoms. The predicted molar refractivity (Wildman–Crippen MR) is 107 cm³/mol. The molecule has 0 spiro atoms. The lowest BCUT2D eigenvalue weighted by molar-refractivity contribution is 0.0748. The highest BCUT2D eigenvalue weighted by atomic mass is 35.5. The first-order valence-corrected chi connectivity index (χ1v) is 8.86. The van der Waals surface area contributed by atoms with E-state index in [1.165, 1.54) is 6.07 Å². The number of nitrogens with one attached hydrogen (secondary N) is 1. The zero-order chi connectivity index (χ0) is 19.4. The molecule has 2 N–H and O–H groups in total. The monoisotopic (exact) mass is 399 g/mol. The summed E-state index contributed by atoms with van der Waals surface area (Å²) in [5, 5.41) is 13.5. The first-order chi connectivity index (χ1) is 13.0. The van der Waals surface area contributed by atoms with Gasteiger partial charge in [0.15, 0.2) is 5.78 Å². The van der Waals surface area contributed by atoms with Crippen LogP contribution in [0.2, 0.25) is 10.0 Å². The third-order valence-electron chi connectivity index (χ3n) is 4.00. The number of anilines is 1. The average Bonchev–Trinajstić information content (AvgIpc) is 2.70.